The summed E-state index contributed by atoms with van der Waals surface area (Å²) >= 11 is 3.37. The Bertz CT molecular complexity index is 592. The molecule has 1 aromatic carbocycles. The Balaban J connectivity index is 2.24. The van der Waals surface area contributed by atoms with Gasteiger partial charge in [-0.25, -0.2) is 4.98 Å². The van der Waals surface area contributed by atoms with Crippen LogP contribution in [0.4, 0.5) is 13.2 Å². The summed E-state index contributed by atoms with van der Waals surface area (Å²) < 4.78 is 39.4. The van der Waals surface area contributed by atoms with E-state index in [1.165, 1.54) is 0 Å². The van der Waals surface area contributed by atoms with Crippen LogP contribution >= 0.6 is 15.9 Å². The fourth-order valence-corrected chi connectivity index (χ4v) is 2.43. The molecule has 7 heteroatoms. The van der Waals surface area contributed by atoms with Crippen LogP contribution in [0.5, 0.6) is 0 Å². The number of hydrogen-bond donors (Lipinski definition) is 1. The van der Waals surface area contributed by atoms with Gasteiger partial charge in [0.05, 0.1) is 24.1 Å². The highest BCUT2D eigenvalue weighted by Gasteiger charge is 2.26. The lowest BCUT2D eigenvalue weighted by atomic mass is 10.3. The van der Waals surface area contributed by atoms with Crippen molar-refractivity contribution in [2.24, 2.45) is 0 Å². The van der Waals surface area contributed by atoms with E-state index in [1.807, 2.05) is 29.7 Å². The number of aromatic nitrogens is 2. The van der Waals surface area contributed by atoms with Gasteiger partial charge in [-0.1, -0.05) is 22.9 Å². The zero-order chi connectivity index (χ0) is 14.8. The van der Waals surface area contributed by atoms with E-state index in [0.29, 0.717) is 5.82 Å². The number of hydrogen-bond acceptors (Lipinski definition) is 2. The summed E-state index contributed by atoms with van der Waals surface area (Å²) in [5, 5.41) is 2.40. The minimum absolute atomic E-state index is 0.103. The molecule has 3 nitrogen and oxygen atoms in total. The molecule has 0 bridgehead atoms. The maximum atomic E-state index is 12.2. The first kappa shape index (κ1) is 15.3. The summed E-state index contributed by atoms with van der Waals surface area (Å²) in [5.74, 6) is 0.629. The summed E-state index contributed by atoms with van der Waals surface area (Å²) in [7, 11) is 0. The minimum atomic E-state index is -4.20. The molecular weight excluding hydrogens is 335 g/mol. The van der Waals surface area contributed by atoms with Gasteiger partial charge in [0.1, 0.15) is 5.82 Å². The van der Waals surface area contributed by atoms with Crippen LogP contribution in [-0.2, 0) is 13.1 Å². The standard InChI is InChI=1S/C13H15BrF3N3/c1-2-5-20-11-4-3-9(14)6-10(11)19-12(20)7-18-8-13(15,16)17/h3-4,6,18H,2,5,7-8H2,1H3. The first-order valence-corrected chi connectivity index (χ1v) is 7.12. The Kier molecular flexibility index (Phi) is 4.70. The molecule has 0 amide bonds. The number of imidazole rings is 1. The second-order valence-electron chi connectivity index (χ2n) is 4.53. The SMILES string of the molecule is CCCn1c(CNCC(F)(F)F)nc2cc(Br)ccc21. The number of nitrogens with one attached hydrogen (secondary N) is 1. The fourth-order valence-electron chi connectivity index (χ4n) is 2.08. The predicted molar refractivity (Wildman–Crippen MR) is 75.5 cm³/mol. The molecule has 1 aromatic heterocycles. The molecule has 2 rings (SSSR count). The molecule has 110 valence electrons. The molecule has 0 fully saturated rings. The van der Waals surface area contributed by atoms with E-state index in [0.717, 1.165) is 28.5 Å². The zero-order valence-electron chi connectivity index (χ0n) is 11.0. The van der Waals surface area contributed by atoms with E-state index in [-0.39, 0.29) is 6.54 Å². The normalized spacial score (nSPS) is 12.2. The lowest BCUT2D eigenvalue weighted by Gasteiger charge is -2.10. The molecule has 0 aliphatic heterocycles. The van der Waals surface area contributed by atoms with Crippen LogP contribution in [0.1, 0.15) is 19.2 Å². The van der Waals surface area contributed by atoms with Gasteiger partial charge >= 0.3 is 6.18 Å². The zero-order valence-corrected chi connectivity index (χ0v) is 12.6. The second kappa shape index (κ2) is 6.13. The van der Waals surface area contributed by atoms with Gasteiger partial charge in [0.2, 0.25) is 0 Å². The highest BCUT2D eigenvalue weighted by atomic mass is 79.9. The van der Waals surface area contributed by atoms with Crippen molar-refractivity contribution in [3.8, 4) is 0 Å². The van der Waals surface area contributed by atoms with E-state index < -0.39 is 12.7 Å². The van der Waals surface area contributed by atoms with Crippen LogP contribution < -0.4 is 5.32 Å². The minimum Gasteiger partial charge on any atom is -0.327 e. The number of benzene rings is 1. The van der Waals surface area contributed by atoms with Crippen molar-refractivity contribution in [3.63, 3.8) is 0 Å². The molecule has 1 heterocycles. The van der Waals surface area contributed by atoms with Crippen molar-refractivity contribution in [1.29, 1.82) is 0 Å². The van der Waals surface area contributed by atoms with Crippen LogP contribution in [0.25, 0.3) is 11.0 Å². The van der Waals surface area contributed by atoms with Crippen LogP contribution in [0.3, 0.4) is 0 Å². The smallest absolute Gasteiger partial charge is 0.327 e. The van der Waals surface area contributed by atoms with Crippen molar-refractivity contribution >= 4 is 27.0 Å². The highest BCUT2D eigenvalue weighted by Crippen LogP contribution is 2.21. The van der Waals surface area contributed by atoms with Crippen LogP contribution in [0.2, 0.25) is 0 Å². The van der Waals surface area contributed by atoms with Gasteiger partial charge in [0.25, 0.3) is 0 Å². The van der Waals surface area contributed by atoms with Crippen molar-refractivity contribution in [2.45, 2.75) is 32.6 Å². The number of rotatable bonds is 5. The van der Waals surface area contributed by atoms with Gasteiger partial charge in [-0.2, -0.15) is 13.2 Å². The molecule has 0 saturated carbocycles. The maximum absolute atomic E-state index is 12.2. The Morgan fingerprint density at radius 3 is 2.75 bits per heavy atom. The average Bonchev–Trinajstić information content (AvgIpc) is 2.66. The first-order chi connectivity index (χ1) is 9.40. The van der Waals surface area contributed by atoms with Gasteiger partial charge in [-0.3, -0.25) is 0 Å². The number of halogens is 4. The molecular formula is C13H15BrF3N3. The summed E-state index contributed by atoms with van der Waals surface area (Å²) in [6.07, 6.45) is -3.31. The molecule has 0 aliphatic rings. The molecule has 0 aliphatic carbocycles. The van der Waals surface area contributed by atoms with Gasteiger partial charge < -0.3 is 9.88 Å². The van der Waals surface area contributed by atoms with Crippen molar-refractivity contribution in [1.82, 2.24) is 14.9 Å². The van der Waals surface area contributed by atoms with Gasteiger partial charge in [-0.05, 0) is 24.6 Å². The average molecular weight is 350 g/mol. The monoisotopic (exact) mass is 349 g/mol. The molecule has 0 saturated heterocycles. The van der Waals surface area contributed by atoms with Crippen LogP contribution in [-0.4, -0.2) is 22.3 Å². The molecule has 20 heavy (non-hydrogen) atoms. The largest absolute Gasteiger partial charge is 0.401 e. The second-order valence-corrected chi connectivity index (χ2v) is 5.45. The van der Waals surface area contributed by atoms with Gasteiger partial charge in [0, 0.05) is 11.0 Å². The van der Waals surface area contributed by atoms with E-state index in [1.54, 1.807) is 0 Å². The van der Waals surface area contributed by atoms with Gasteiger partial charge in [0.15, 0.2) is 0 Å². The van der Waals surface area contributed by atoms with E-state index >= 15 is 0 Å². The Morgan fingerprint density at radius 1 is 1.35 bits per heavy atom. The fraction of sp³-hybridized carbons (Fsp3) is 0.462. The van der Waals surface area contributed by atoms with Gasteiger partial charge in [-0.15, -0.1) is 0 Å². The molecule has 2 aromatic rings. The third-order valence-corrected chi connectivity index (χ3v) is 3.34. The molecule has 0 unspecified atom stereocenters. The highest BCUT2D eigenvalue weighted by molar-refractivity contribution is 9.10. The van der Waals surface area contributed by atoms with E-state index in [4.69, 9.17) is 0 Å². The number of fused-ring (bicyclic) bond motifs is 1. The first-order valence-electron chi connectivity index (χ1n) is 6.33. The summed E-state index contributed by atoms with van der Waals surface area (Å²) in [6.45, 7) is 1.86. The molecule has 1 N–H and O–H groups in total. The lowest BCUT2D eigenvalue weighted by molar-refractivity contribution is -0.125. The van der Waals surface area contributed by atoms with E-state index in [2.05, 4.69) is 26.2 Å². The molecule has 0 atom stereocenters. The number of aryl methyl sites for hydroxylation is 1. The Morgan fingerprint density at radius 2 is 2.10 bits per heavy atom. The van der Waals surface area contributed by atoms with Crippen molar-refractivity contribution in [2.75, 3.05) is 6.54 Å². The summed E-state index contributed by atoms with van der Waals surface area (Å²) in [6, 6.07) is 5.70. The summed E-state index contributed by atoms with van der Waals surface area (Å²) in [4.78, 5) is 4.41. The lowest BCUT2D eigenvalue weighted by Crippen LogP contribution is -2.29. The Hall–Kier alpha value is -1.08. The molecule has 0 radical (unpaired) electrons. The van der Waals surface area contributed by atoms with Crippen LogP contribution in [0.15, 0.2) is 22.7 Å². The predicted octanol–water partition coefficient (Wildman–Crippen LogP) is 3.86. The quantitative estimate of drug-likeness (QED) is 0.888. The third kappa shape index (κ3) is 3.73. The summed E-state index contributed by atoms with van der Waals surface area (Å²) in [5.41, 5.74) is 1.73. The third-order valence-electron chi connectivity index (χ3n) is 2.85. The van der Waals surface area contributed by atoms with E-state index in [9.17, 15) is 13.2 Å². The topological polar surface area (TPSA) is 29.9 Å². The Labute approximate surface area is 123 Å². The number of alkyl halides is 3. The number of nitrogens with zero attached hydrogens (tertiary/aromatic N) is 2. The maximum Gasteiger partial charge on any atom is 0.401 e. The van der Waals surface area contributed by atoms with Crippen LogP contribution in [0, 0.1) is 0 Å². The van der Waals surface area contributed by atoms with Crippen molar-refractivity contribution < 1.29 is 13.2 Å². The molecule has 0 spiro atoms. The van der Waals surface area contributed by atoms with Crippen molar-refractivity contribution in [3.05, 3.63) is 28.5 Å².